The van der Waals surface area contributed by atoms with Crippen LogP contribution in [0.3, 0.4) is 0 Å². The van der Waals surface area contributed by atoms with Crippen LogP contribution in [0.15, 0.2) is 23.2 Å². The van der Waals surface area contributed by atoms with E-state index >= 15 is 0 Å². The molecule has 0 aromatic heterocycles. The first-order valence-electron chi connectivity index (χ1n) is 9.19. The number of ether oxygens (including phenoxy) is 1. The molecule has 27 heavy (non-hydrogen) atoms. The molecule has 6 nitrogen and oxygen atoms in total. The summed E-state index contributed by atoms with van der Waals surface area (Å²) in [5.74, 6) is -0.358. The van der Waals surface area contributed by atoms with E-state index in [0.717, 1.165) is 12.0 Å². The molecule has 148 valence electrons. The second-order valence-electron chi connectivity index (χ2n) is 7.89. The highest BCUT2D eigenvalue weighted by molar-refractivity contribution is 5.82. The zero-order valence-electron chi connectivity index (χ0n) is 16.0. The van der Waals surface area contributed by atoms with E-state index in [9.17, 15) is 13.6 Å². The number of aliphatic imine (C=N–C) groups is 1. The second-order valence-corrected chi connectivity index (χ2v) is 7.89. The number of nitrogens with zero attached hydrogens (tertiary/aromatic N) is 3. The SMILES string of the molecule is CC(C)(C)OC(=O)N1CCN2C(NCCc3cc(F)cc(F)c3)=NCC2C1. The first-order valence-corrected chi connectivity index (χ1v) is 9.19. The number of nitrogens with one attached hydrogen (secondary N) is 1. The summed E-state index contributed by atoms with van der Waals surface area (Å²) in [5, 5.41) is 3.25. The molecule has 1 atom stereocenters. The van der Waals surface area contributed by atoms with Crippen molar-refractivity contribution < 1.29 is 18.3 Å². The van der Waals surface area contributed by atoms with Gasteiger partial charge in [0.15, 0.2) is 5.96 Å². The van der Waals surface area contributed by atoms with E-state index in [0.29, 0.717) is 44.7 Å². The molecular weight excluding hydrogens is 354 g/mol. The van der Waals surface area contributed by atoms with Gasteiger partial charge >= 0.3 is 6.09 Å². The van der Waals surface area contributed by atoms with Gasteiger partial charge in [0.25, 0.3) is 0 Å². The fourth-order valence-electron chi connectivity index (χ4n) is 3.30. The molecule has 1 aromatic carbocycles. The van der Waals surface area contributed by atoms with Gasteiger partial charge in [0.2, 0.25) is 0 Å². The van der Waals surface area contributed by atoms with Crippen molar-refractivity contribution >= 4 is 12.1 Å². The van der Waals surface area contributed by atoms with Gasteiger partial charge in [-0.2, -0.15) is 0 Å². The Labute approximate surface area is 158 Å². The molecule has 1 aromatic rings. The average Bonchev–Trinajstić information content (AvgIpc) is 2.95. The quantitative estimate of drug-likeness (QED) is 0.875. The van der Waals surface area contributed by atoms with Crippen molar-refractivity contribution in [3.05, 3.63) is 35.4 Å². The summed E-state index contributed by atoms with van der Waals surface area (Å²) >= 11 is 0. The normalized spacial score (nSPS) is 19.6. The third kappa shape index (κ3) is 5.08. The van der Waals surface area contributed by atoms with Gasteiger partial charge < -0.3 is 19.9 Å². The van der Waals surface area contributed by atoms with E-state index in [1.807, 2.05) is 20.8 Å². The molecule has 3 rings (SSSR count). The van der Waals surface area contributed by atoms with Gasteiger partial charge in [-0.15, -0.1) is 0 Å². The van der Waals surface area contributed by atoms with Crippen LogP contribution < -0.4 is 5.32 Å². The van der Waals surface area contributed by atoms with E-state index in [4.69, 9.17) is 4.74 Å². The number of rotatable bonds is 3. The predicted molar refractivity (Wildman–Crippen MR) is 98.7 cm³/mol. The van der Waals surface area contributed by atoms with Crippen molar-refractivity contribution in [3.63, 3.8) is 0 Å². The fraction of sp³-hybridized carbons (Fsp3) is 0.579. The topological polar surface area (TPSA) is 57.2 Å². The predicted octanol–water partition coefficient (Wildman–Crippen LogP) is 2.39. The maximum absolute atomic E-state index is 13.2. The van der Waals surface area contributed by atoms with Crippen LogP contribution in [0.2, 0.25) is 0 Å². The lowest BCUT2D eigenvalue weighted by Crippen LogP contribution is -2.57. The van der Waals surface area contributed by atoms with E-state index in [-0.39, 0.29) is 12.1 Å². The van der Waals surface area contributed by atoms with Gasteiger partial charge in [-0.05, 0) is 44.9 Å². The number of guanidine groups is 1. The Bertz CT molecular complexity index is 713. The van der Waals surface area contributed by atoms with E-state index in [1.54, 1.807) is 4.90 Å². The Kier molecular flexibility index (Phi) is 5.53. The molecule has 0 aliphatic carbocycles. The fourth-order valence-corrected chi connectivity index (χ4v) is 3.30. The average molecular weight is 380 g/mol. The van der Waals surface area contributed by atoms with Crippen molar-refractivity contribution in [1.82, 2.24) is 15.1 Å². The highest BCUT2D eigenvalue weighted by Gasteiger charge is 2.36. The highest BCUT2D eigenvalue weighted by Crippen LogP contribution is 2.18. The molecule has 2 heterocycles. The number of hydrogen-bond acceptors (Lipinski definition) is 5. The van der Waals surface area contributed by atoms with E-state index in [1.165, 1.54) is 12.1 Å². The van der Waals surface area contributed by atoms with Gasteiger partial charge in [-0.1, -0.05) is 0 Å². The molecular formula is C19H26F2N4O2. The molecule has 1 saturated heterocycles. The Hall–Kier alpha value is -2.38. The van der Waals surface area contributed by atoms with Crippen molar-refractivity contribution in [3.8, 4) is 0 Å². The van der Waals surface area contributed by atoms with E-state index in [2.05, 4.69) is 15.2 Å². The van der Waals surface area contributed by atoms with E-state index < -0.39 is 17.2 Å². The van der Waals surface area contributed by atoms with Gasteiger partial charge in [0.05, 0.1) is 12.6 Å². The Morgan fingerprint density at radius 3 is 2.63 bits per heavy atom. The molecule has 0 bridgehead atoms. The molecule has 1 amide bonds. The molecule has 0 saturated carbocycles. The van der Waals surface area contributed by atoms with Crippen LogP contribution in [0.25, 0.3) is 0 Å². The summed E-state index contributed by atoms with van der Waals surface area (Å²) in [7, 11) is 0. The van der Waals surface area contributed by atoms with Crippen LogP contribution in [0.5, 0.6) is 0 Å². The van der Waals surface area contributed by atoms with Crippen LogP contribution >= 0.6 is 0 Å². The summed E-state index contributed by atoms with van der Waals surface area (Å²) in [6.45, 7) is 8.51. The molecule has 2 aliphatic rings. The number of amides is 1. The lowest BCUT2D eigenvalue weighted by molar-refractivity contribution is 0.0137. The highest BCUT2D eigenvalue weighted by atomic mass is 19.1. The van der Waals surface area contributed by atoms with Crippen LogP contribution in [0.4, 0.5) is 13.6 Å². The van der Waals surface area contributed by atoms with Crippen LogP contribution in [-0.2, 0) is 11.2 Å². The minimum absolute atomic E-state index is 0.125. The minimum Gasteiger partial charge on any atom is -0.444 e. The third-order valence-electron chi connectivity index (χ3n) is 4.48. The van der Waals surface area contributed by atoms with Crippen molar-refractivity contribution in [1.29, 1.82) is 0 Å². The largest absolute Gasteiger partial charge is 0.444 e. The third-order valence-corrected chi connectivity index (χ3v) is 4.48. The summed E-state index contributed by atoms with van der Waals surface area (Å²) in [6.07, 6.45) is 0.202. The number of carbonyl (C=O) groups excluding carboxylic acids is 1. The summed E-state index contributed by atoms with van der Waals surface area (Å²) in [6, 6.07) is 3.67. The first-order chi connectivity index (χ1) is 12.7. The van der Waals surface area contributed by atoms with Gasteiger partial charge in [0.1, 0.15) is 17.2 Å². The zero-order chi connectivity index (χ0) is 19.6. The van der Waals surface area contributed by atoms with Crippen molar-refractivity contribution in [2.75, 3.05) is 32.7 Å². The number of halogens is 2. The van der Waals surface area contributed by atoms with Crippen LogP contribution in [-0.4, -0.2) is 66.2 Å². The first kappa shape index (κ1) is 19.4. The lowest BCUT2D eigenvalue weighted by Gasteiger charge is -2.39. The zero-order valence-corrected chi connectivity index (χ0v) is 16.0. The molecule has 1 fully saturated rings. The molecule has 2 aliphatic heterocycles. The van der Waals surface area contributed by atoms with Gasteiger partial charge in [-0.25, -0.2) is 13.6 Å². The number of piperazine rings is 1. The second kappa shape index (κ2) is 7.70. The number of fused-ring (bicyclic) bond motifs is 1. The summed E-state index contributed by atoms with van der Waals surface area (Å²) < 4.78 is 31.9. The number of benzene rings is 1. The standard InChI is InChI=1S/C19H26F2N4O2/c1-19(2,3)27-18(26)24-6-7-25-16(12-24)11-23-17(25)22-5-4-13-8-14(20)10-15(21)9-13/h8-10,16H,4-7,11-12H2,1-3H3,(H,22,23). The van der Waals surface area contributed by atoms with Crippen molar-refractivity contribution in [2.45, 2.75) is 38.8 Å². The smallest absolute Gasteiger partial charge is 0.410 e. The minimum atomic E-state index is -0.568. The summed E-state index contributed by atoms with van der Waals surface area (Å²) in [5.41, 5.74) is 0.0913. The molecule has 0 radical (unpaired) electrons. The Balaban J connectivity index is 1.48. The lowest BCUT2D eigenvalue weighted by atomic mass is 10.1. The summed E-state index contributed by atoms with van der Waals surface area (Å²) in [4.78, 5) is 20.6. The molecule has 1 N–H and O–H groups in total. The Morgan fingerprint density at radius 2 is 1.96 bits per heavy atom. The van der Waals surface area contributed by atoms with Crippen LogP contribution in [0.1, 0.15) is 26.3 Å². The van der Waals surface area contributed by atoms with Gasteiger partial charge in [0, 0.05) is 32.2 Å². The van der Waals surface area contributed by atoms with Crippen LogP contribution in [0, 0.1) is 11.6 Å². The number of carbonyl (C=O) groups is 1. The monoisotopic (exact) mass is 380 g/mol. The molecule has 8 heteroatoms. The molecule has 1 unspecified atom stereocenters. The van der Waals surface area contributed by atoms with Crippen molar-refractivity contribution in [2.24, 2.45) is 4.99 Å². The number of hydrogen-bond donors (Lipinski definition) is 1. The maximum Gasteiger partial charge on any atom is 0.410 e. The maximum atomic E-state index is 13.2. The molecule has 0 spiro atoms. The Morgan fingerprint density at radius 1 is 1.26 bits per heavy atom. The van der Waals surface area contributed by atoms with Gasteiger partial charge in [-0.3, -0.25) is 4.99 Å².